The fourth-order valence-corrected chi connectivity index (χ4v) is 2.13. The van der Waals surface area contributed by atoms with Crippen molar-refractivity contribution in [3.8, 4) is 0 Å². The van der Waals surface area contributed by atoms with E-state index in [1.165, 1.54) is 4.57 Å². The molecule has 0 unspecified atom stereocenters. The average Bonchev–Trinajstić information content (AvgIpc) is 2.54. The molecule has 1 N–H and O–H groups in total. The SMILES string of the molecule is COC(=O)OCn1c(=O)c(=O)n(CCCO)c2ccccc21. The van der Waals surface area contributed by atoms with Gasteiger partial charge in [0, 0.05) is 13.2 Å². The van der Waals surface area contributed by atoms with Gasteiger partial charge in [0.15, 0.2) is 6.73 Å². The molecule has 8 heteroatoms. The predicted octanol–water partition coefficient (Wildman–Crippen LogP) is 0.286. The smallest absolute Gasteiger partial charge is 0.438 e. The summed E-state index contributed by atoms with van der Waals surface area (Å²) in [5, 5.41) is 8.92. The molecular formula is C14H16N2O6. The largest absolute Gasteiger partial charge is 0.509 e. The summed E-state index contributed by atoms with van der Waals surface area (Å²) in [6.07, 6.45) is -0.591. The number of aryl methyl sites for hydroxylation is 1. The van der Waals surface area contributed by atoms with Crippen molar-refractivity contribution in [2.45, 2.75) is 19.7 Å². The van der Waals surface area contributed by atoms with E-state index in [2.05, 4.69) is 4.74 Å². The first-order valence-corrected chi connectivity index (χ1v) is 6.64. The fraction of sp³-hybridized carbons (Fsp3) is 0.357. The van der Waals surface area contributed by atoms with Crippen LogP contribution in [0.25, 0.3) is 11.0 Å². The highest BCUT2D eigenvalue weighted by atomic mass is 16.7. The highest BCUT2D eigenvalue weighted by Gasteiger charge is 2.13. The number of carbonyl (C=O) groups excluding carboxylic acids is 1. The summed E-state index contributed by atoms with van der Waals surface area (Å²) < 4.78 is 11.5. The number of aromatic nitrogens is 2. The molecule has 1 aromatic heterocycles. The Morgan fingerprint density at radius 3 is 2.32 bits per heavy atom. The van der Waals surface area contributed by atoms with E-state index in [9.17, 15) is 14.4 Å². The molecular weight excluding hydrogens is 292 g/mol. The van der Waals surface area contributed by atoms with Gasteiger partial charge >= 0.3 is 17.3 Å². The number of para-hydroxylation sites is 2. The molecule has 0 saturated carbocycles. The lowest BCUT2D eigenvalue weighted by Gasteiger charge is -2.14. The van der Waals surface area contributed by atoms with E-state index in [4.69, 9.17) is 9.84 Å². The number of carbonyl (C=O) groups is 1. The van der Waals surface area contributed by atoms with Crippen molar-refractivity contribution >= 4 is 17.2 Å². The van der Waals surface area contributed by atoms with Crippen LogP contribution in [-0.2, 0) is 22.7 Å². The van der Waals surface area contributed by atoms with Crippen molar-refractivity contribution in [1.29, 1.82) is 0 Å². The third-order valence-electron chi connectivity index (χ3n) is 3.15. The lowest BCUT2D eigenvalue weighted by atomic mass is 10.2. The van der Waals surface area contributed by atoms with Gasteiger partial charge in [0.2, 0.25) is 0 Å². The maximum Gasteiger partial charge on any atom is 0.509 e. The van der Waals surface area contributed by atoms with E-state index in [-0.39, 0.29) is 13.2 Å². The molecule has 2 aromatic rings. The first kappa shape index (κ1) is 15.8. The molecule has 2 rings (SSSR count). The topological polar surface area (TPSA) is 99.8 Å². The number of methoxy groups -OCH3 is 1. The molecule has 0 fully saturated rings. The van der Waals surface area contributed by atoms with Crippen LogP contribution in [0.2, 0.25) is 0 Å². The van der Waals surface area contributed by atoms with Crippen molar-refractivity contribution in [2.75, 3.05) is 13.7 Å². The zero-order valence-electron chi connectivity index (χ0n) is 12.0. The van der Waals surface area contributed by atoms with Crippen molar-refractivity contribution in [1.82, 2.24) is 9.13 Å². The Kier molecular flexibility index (Phi) is 4.95. The number of rotatable bonds is 5. The zero-order valence-corrected chi connectivity index (χ0v) is 12.0. The van der Waals surface area contributed by atoms with Gasteiger partial charge in [-0.25, -0.2) is 4.79 Å². The normalized spacial score (nSPS) is 10.6. The van der Waals surface area contributed by atoms with Crippen LogP contribution in [0.3, 0.4) is 0 Å². The van der Waals surface area contributed by atoms with E-state index >= 15 is 0 Å². The Morgan fingerprint density at radius 2 is 1.73 bits per heavy atom. The summed E-state index contributed by atoms with van der Waals surface area (Å²) in [7, 11) is 1.15. The van der Waals surface area contributed by atoms with Gasteiger partial charge in [-0.15, -0.1) is 0 Å². The van der Waals surface area contributed by atoms with Gasteiger partial charge in [0.25, 0.3) is 0 Å². The molecule has 118 valence electrons. The molecule has 0 spiro atoms. The summed E-state index contributed by atoms with van der Waals surface area (Å²) in [5.41, 5.74) is -0.566. The summed E-state index contributed by atoms with van der Waals surface area (Å²) in [5.74, 6) is 0. The van der Waals surface area contributed by atoms with Crippen LogP contribution in [0.4, 0.5) is 4.79 Å². The lowest BCUT2D eigenvalue weighted by molar-refractivity contribution is 0.0487. The maximum atomic E-state index is 12.2. The summed E-state index contributed by atoms with van der Waals surface area (Å²) in [4.78, 5) is 35.5. The molecule has 22 heavy (non-hydrogen) atoms. The Labute approximate surface area is 125 Å². The van der Waals surface area contributed by atoms with Crippen molar-refractivity contribution in [3.05, 3.63) is 45.0 Å². The molecule has 0 aliphatic carbocycles. The quantitative estimate of drug-likeness (QED) is 0.629. The van der Waals surface area contributed by atoms with Gasteiger partial charge in [-0.05, 0) is 18.6 Å². The second kappa shape index (κ2) is 6.90. The second-order valence-electron chi connectivity index (χ2n) is 4.48. The van der Waals surface area contributed by atoms with Crippen LogP contribution in [0.5, 0.6) is 0 Å². The fourth-order valence-electron chi connectivity index (χ4n) is 2.13. The molecule has 0 amide bonds. The predicted molar refractivity (Wildman–Crippen MR) is 77.7 cm³/mol. The third kappa shape index (κ3) is 3.01. The standard InChI is InChI=1S/C14H16N2O6/c1-21-14(20)22-9-16-11-6-3-2-5-10(11)15(7-4-8-17)12(18)13(16)19/h2-3,5-6,17H,4,7-9H2,1H3. The first-order valence-electron chi connectivity index (χ1n) is 6.64. The number of hydrogen-bond acceptors (Lipinski definition) is 6. The maximum absolute atomic E-state index is 12.2. The number of aliphatic hydroxyl groups is 1. The number of benzene rings is 1. The Morgan fingerprint density at radius 1 is 1.14 bits per heavy atom. The molecule has 0 bridgehead atoms. The number of fused-ring (bicyclic) bond motifs is 1. The van der Waals surface area contributed by atoms with Gasteiger partial charge < -0.3 is 19.1 Å². The van der Waals surface area contributed by atoms with Crippen molar-refractivity contribution < 1.29 is 19.4 Å². The number of hydrogen-bond donors (Lipinski definition) is 1. The number of ether oxygens (including phenoxy) is 2. The van der Waals surface area contributed by atoms with Crippen molar-refractivity contribution in [3.63, 3.8) is 0 Å². The summed E-state index contributed by atoms with van der Waals surface area (Å²) >= 11 is 0. The molecule has 1 heterocycles. The number of aliphatic hydroxyl groups excluding tert-OH is 1. The molecule has 1 aromatic carbocycles. The Hall–Kier alpha value is -2.61. The third-order valence-corrected chi connectivity index (χ3v) is 3.15. The van der Waals surface area contributed by atoms with E-state index in [0.717, 1.165) is 11.7 Å². The van der Waals surface area contributed by atoms with Crippen LogP contribution in [0, 0.1) is 0 Å². The van der Waals surface area contributed by atoms with Crippen LogP contribution >= 0.6 is 0 Å². The van der Waals surface area contributed by atoms with Gasteiger partial charge in [0.05, 0.1) is 18.1 Å². The van der Waals surface area contributed by atoms with Gasteiger partial charge in [0.1, 0.15) is 0 Å². The summed E-state index contributed by atoms with van der Waals surface area (Å²) in [6, 6.07) is 6.76. The van der Waals surface area contributed by atoms with Gasteiger partial charge in [-0.3, -0.25) is 14.2 Å². The van der Waals surface area contributed by atoms with Crippen molar-refractivity contribution in [2.24, 2.45) is 0 Å². The van der Waals surface area contributed by atoms with Crippen LogP contribution in [0.15, 0.2) is 33.9 Å². The second-order valence-corrected chi connectivity index (χ2v) is 4.48. The molecule has 0 atom stereocenters. The van der Waals surface area contributed by atoms with Gasteiger partial charge in [-0.1, -0.05) is 12.1 Å². The van der Waals surface area contributed by atoms with Crippen LogP contribution in [0.1, 0.15) is 6.42 Å². The molecule has 0 aliphatic rings. The van der Waals surface area contributed by atoms with E-state index < -0.39 is 24.0 Å². The number of nitrogens with zero attached hydrogens (tertiary/aromatic N) is 2. The lowest BCUT2D eigenvalue weighted by Crippen LogP contribution is -2.42. The van der Waals surface area contributed by atoms with Crippen LogP contribution in [-0.4, -0.2) is 34.1 Å². The van der Waals surface area contributed by atoms with E-state index in [0.29, 0.717) is 17.5 Å². The minimum atomic E-state index is -0.944. The molecule has 0 saturated heterocycles. The Balaban J connectivity index is 2.58. The highest BCUT2D eigenvalue weighted by molar-refractivity contribution is 5.75. The van der Waals surface area contributed by atoms with E-state index in [1.807, 2.05) is 0 Å². The van der Waals surface area contributed by atoms with Gasteiger partial charge in [-0.2, -0.15) is 0 Å². The minimum Gasteiger partial charge on any atom is -0.438 e. The average molecular weight is 308 g/mol. The first-order chi connectivity index (χ1) is 10.6. The zero-order chi connectivity index (χ0) is 16.1. The Bertz CT molecular complexity index is 792. The monoisotopic (exact) mass is 308 g/mol. The minimum absolute atomic E-state index is 0.0880. The summed E-state index contributed by atoms with van der Waals surface area (Å²) in [6.45, 7) is -0.277. The molecule has 0 radical (unpaired) electrons. The molecule has 8 nitrogen and oxygen atoms in total. The van der Waals surface area contributed by atoms with E-state index in [1.54, 1.807) is 24.3 Å². The molecule has 0 aliphatic heterocycles. The highest BCUT2D eigenvalue weighted by Crippen LogP contribution is 2.11. The van der Waals surface area contributed by atoms with Crippen LogP contribution < -0.4 is 11.1 Å².